The van der Waals surface area contributed by atoms with E-state index in [9.17, 15) is 4.79 Å². The van der Waals surface area contributed by atoms with Crippen LogP contribution in [0.5, 0.6) is 0 Å². The van der Waals surface area contributed by atoms with E-state index in [1.165, 1.54) is 12.4 Å². The minimum Gasteiger partial charge on any atom is -0.404 e. The van der Waals surface area contributed by atoms with Gasteiger partial charge in [0, 0.05) is 30.6 Å². The normalized spacial score (nSPS) is 11.1. The Bertz CT molecular complexity index is 536. The predicted octanol–water partition coefficient (Wildman–Crippen LogP) is 2.05. The van der Waals surface area contributed by atoms with Gasteiger partial charge in [-0.1, -0.05) is 29.5 Å². The number of halogens is 1. The fourth-order valence-corrected chi connectivity index (χ4v) is 1.38. The number of carbonyl (C=O) groups is 1. The molecule has 0 fully saturated rings. The van der Waals surface area contributed by atoms with Gasteiger partial charge in [0.1, 0.15) is 0 Å². The molecule has 2 N–H and O–H groups in total. The number of rotatable bonds is 2. The summed E-state index contributed by atoms with van der Waals surface area (Å²) >= 11 is 5.88. The highest BCUT2D eigenvalue weighted by atomic mass is 35.5. The van der Waals surface area contributed by atoms with Gasteiger partial charge in [0.15, 0.2) is 6.29 Å². The minimum absolute atomic E-state index is 0.381. The Morgan fingerprint density at radius 1 is 1.53 bits per heavy atom. The summed E-state index contributed by atoms with van der Waals surface area (Å²) in [7, 11) is 1.63. The molecule has 17 heavy (non-hydrogen) atoms. The van der Waals surface area contributed by atoms with Crippen LogP contribution < -0.4 is 5.73 Å². The summed E-state index contributed by atoms with van der Waals surface area (Å²) in [5, 5.41) is 0.384. The summed E-state index contributed by atoms with van der Waals surface area (Å²) in [6, 6.07) is 5.10. The number of hydrogen-bond donors (Lipinski definition) is 1. The third kappa shape index (κ3) is 3.47. The lowest BCUT2D eigenvalue weighted by molar-refractivity contribution is 0.112. The van der Waals surface area contributed by atoms with Crippen LogP contribution in [0, 0.1) is 11.8 Å². The molecule has 0 aliphatic rings. The first-order valence-corrected chi connectivity index (χ1v) is 5.20. The zero-order valence-corrected chi connectivity index (χ0v) is 10.0. The Morgan fingerprint density at radius 3 is 2.88 bits per heavy atom. The van der Waals surface area contributed by atoms with Crippen molar-refractivity contribution in [2.75, 3.05) is 7.05 Å². The summed E-state index contributed by atoms with van der Waals surface area (Å²) in [5.41, 5.74) is 6.89. The standard InChI is InChI=1S/C13H11ClN2O/c1-16-8-10(7-15)5-6-11-3-2-4-13(14)12(11)9-17/h2-4,7-9H,15H2,1H3. The van der Waals surface area contributed by atoms with E-state index in [2.05, 4.69) is 16.8 Å². The molecule has 0 saturated heterocycles. The number of aliphatic imine (C=N–C) groups is 1. The first-order valence-electron chi connectivity index (χ1n) is 4.82. The monoisotopic (exact) mass is 246 g/mol. The quantitative estimate of drug-likeness (QED) is 0.493. The van der Waals surface area contributed by atoms with E-state index in [1.807, 2.05) is 0 Å². The molecular formula is C13H11ClN2O. The summed E-state index contributed by atoms with van der Waals surface area (Å²) in [6.45, 7) is 0. The molecule has 0 heterocycles. The van der Waals surface area contributed by atoms with Crippen LogP contribution >= 0.6 is 11.6 Å². The van der Waals surface area contributed by atoms with E-state index in [0.29, 0.717) is 28.0 Å². The lowest BCUT2D eigenvalue weighted by Gasteiger charge is -1.98. The third-order valence-electron chi connectivity index (χ3n) is 1.96. The third-order valence-corrected chi connectivity index (χ3v) is 2.29. The molecule has 0 aromatic heterocycles. The first-order chi connectivity index (χ1) is 8.22. The molecule has 0 spiro atoms. The van der Waals surface area contributed by atoms with Crippen LogP contribution in [0.4, 0.5) is 0 Å². The fraction of sp³-hybridized carbons (Fsp3) is 0.0769. The summed E-state index contributed by atoms with van der Waals surface area (Å²) in [4.78, 5) is 14.7. The Labute approximate surface area is 105 Å². The van der Waals surface area contributed by atoms with Crippen LogP contribution in [-0.4, -0.2) is 19.5 Å². The van der Waals surface area contributed by atoms with Crippen molar-refractivity contribution >= 4 is 24.1 Å². The van der Waals surface area contributed by atoms with Crippen molar-refractivity contribution in [3.63, 3.8) is 0 Å². The lowest BCUT2D eigenvalue weighted by Crippen LogP contribution is -1.90. The zero-order valence-electron chi connectivity index (χ0n) is 9.27. The lowest BCUT2D eigenvalue weighted by atomic mass is 10.1. The number of benzene rings is 1. The van der Waals surface area contributed by atoms with Crippen LogP contribution in [0.25, 0.3) is 0 Å². The highest BCUT2D eigenvalue weighted by molar-refractivity contribution is 6.33. The molecule has 0 amide bonds. The Morgan fingerprint density at radius 2 is 2.29 bits per heavy atom. The topological polar surface area (TPSA) is 55.5 Å². The maximum absolute atomic E-state index is 10.9. The van der Waals surface area contributed by atoms with Crippen LogP contribution in [0.2, 0.25) is 5.02 Å². The second-order valence-electron chi connectivity index (χ2n) is 3.08. The second kappa shape index (κ2) is 6.51. The van der Waals surface area contributed by atoms with Crippen molar-refractivity contribution < 1.29 is 4.79 Å². The van der Waals surface area contributed by atoms with E-state index in [-0.39, 0.29) is 0 Å². The van der Waals surface area contributed by atoms with Gasteiger partial charge in [-0.3, -0.25) is 9.79 Å². The zero-order chi connectivity index (χ0) is 12.7. The highest BCUT2D eigenvalue weighted by Crippen LogP contribution is 2.17. The summed E-state index contributed by atoms with van der Waals surface area (Å²) in [6.07, 6.45) is 3.58. The molecule has 0 bridgehead atoms. The van der Waals surface area contributed by atoms with Gasteiger partial charge < -0.3 is 5.73 Å². The fourth-order valence-electron chi connectivity index (χ4n) is 1.16. The SMILES string of the molecule is CN=CC(C#Cc1cccc(Cl)c1C=O)=CN. The number of nitrogens with two attached hydrogens (primary N) is 1. The van der Waals surface area contributed by atoms with E-state index in [1.54, 1.807) is 25.2 Å². The van der Waals surface area contributed by atoms with Gasteiger partial charge in [-0.05, 0) is 12.1 Å². The Kier molecular flexibility index (Phi) is 4.99. The maximum Gasteiger partial charge on any atom is 0.152 e. The largest absolute Gasteiger partial charge is 0.404 e. The van der Waals surface area contributed by atoms with E-state index in [0.717, 1.165) is 0 Å². The first kappa shape index (κ1) is 13.0. The predicted molar refractivity (Wildman–Crippen MR) is 70.4 cm³/mol. The molecular weight excluding hydrogens is 236 g/mol. The van der Waals surface area contributed by atoms with Gasteiger partial charge >= 0.3 is 0 Å². The van der Waals surface area contributed by atoms with Crippen LogP contribution in [0.3, 0.4) is 0 Å². The smallest absolute Gasteiger partial charge is 0.152 e. The van der Waals surface area contributed by atoms with Crippen molar-refractivity contribution in [1.82, 2.24) is 0 Å². The van der Waals surface area contributed by atoms with Crippen molar-refractivity contribution in [3.8, 4) is 11.8 Å². The Balaban J connectivity index is 3.16. The summed E-state index contributed by atoms with van der Waals surface area (Å²) < 4.78 is 0. The van der Waals surface area contributed by atoms with Crippen molar-refractivity contribution in [2.24, 2.45) is 10.7 Å². The molecule has 4 heteroatoms. The number of carbonyl (C=O) groups excluding carboxylic acids is 1. The number of aldehydes is 1. The van der Waals surface area contributed by atoms with E-state index < -0.39 is 0 Å². The number of allylic oxidation sites excluding steroid dienone is 1. The molecule has 0 unspecified atom stereocenters. The minimum atomic E-state index is 0.381. The highest BCUT2D eigenvalue weighted by Gasteiger charge is 2.02. The number of nitrogens with zero attached hydrogens (tertiary/aromatic N) is 1. The molecule has 0 atom stereocenters. The van der Waals surface area contributed by atoms with Crippen molar-refractivity contribution in [2.45, 2.75) is 0 Å². The van der Waals surface area contributed by atoms with E-state index in [4.69, 9.17) is 17.3 Å². The molecule has 0 aliphatic heterocycles. The van der Waals surface area contributed by atoms with Gasteiger partial charge in [0.2, 0.25) is 0 Å². The van der Waals surface area contributed by atoms with E-state index >= 15 is 0 Å². The van der Waals surface area contributed by atoms with Gasteiger partial charge in [-0.25, -0.2) is 0 Å². The van der Waals surface area contributed by atoms with Crippen LogP contribution in [-0.2, 0) is 0 Å². The average molecular weight is 247 g/mol. The summed E-state index contributed by atoms with van der Waals surface area (Å²) in [5.74, 6) is 5.64. The van der Waals surface area contributed by atoms with Gasteiger partial charge in [-0.2, -0.15) is 0 Å². The molecule has 1 aromatic rings. The molecule has 3 nitrogen and oxygen atoms in total. The van der Waals surface area contributed by atoms with Gasteiger partial charge in [-0.15, -0.1) is 0 Å². The van der Waals surface area contributed by atoms with Crippen LogP contribution in [0.15, 0.2) is 35.0 Å². The number of hydrogen-bond acceptors (Lipinski definition) is 3. The van der Waals surface area contributed by atoms with Crippen molar-refractivity contribution in [1.29, 1.82) is 0 Å². The molecule has 0 aliphatic carbocycles. The Hall–Kier alpha value is -2.05. The van der Waals surface area contributed by atoms with Crippen LogP contribution in [0.1, 0.15) is 15.9 Å². The van der Waals surface area contributed by atoms with Crippen molar-refractivity contribution in [3.05, 3.63) is 46.1 Å². The van der Waals surface area contributed by atoms with Gasteiger partial charge in [0.25, 0.3) is 0 Å². The average Bonchev–Trinajstić information content (AvgIpc) is 2.34. The maximum atomic E-state index is 10.9. The molecule has 86 valence electrons. The molecule has 1 aromatic carbocycles. The second-order valence-corrected chi connectivity index (χ2v) is 3.49. The molecule has 1 rings (SSSR count). The molecule has 0 radical (unpaired) electrons. The van der Waals surface area contributed by atoms with Gasteiger partial charge in [0.05, 0.1) is 10.6 Å². The molecule has 0 saturated carbocycles.